The van der Waals surface area contributed by atoms with Crippen molar-refractivity contribution >= 4 is 5.97 Å². The number of carbonyl (C=O) groups excluding carboxylic acids is 1. The van der Waals surface area contributed by atoms with Gasteiger partial charge in [0.2, 0.25) is 0 Å². The Bertz CT molecular complexity index is 241. The van der Waals surface area contributed by atoms with Gasteiger partial charge in [-0.3, -0.25) is 0 Å². The van der Waals surface area contributed by atoms with Crippen LogP contribution in [0.3, 0.4) is 0 Å². The van der Waals surface area contributed by atoms with Crippen LogP contribution < -0.4 is 0 Å². The quantitative estimate of drug-likeness (QED) is 0.234. The second kappa shape index (κ2) is 12.2. The van der Waals surface area contributed by atoms with Crippen molar-refractivity contribution in [2.24, 2.45) is 0 Å². The largest absolute Gasteiger partial charge is 0.407 e. The average Bonchev–Trinajstić information content (AvgIpc) is 2.39. The molecule has 112 valence electrons. The van der Waals surface area contributed by atoms with Crippen molar-refractivity contribution in [1.82, 2.24) is 0 Å². The Morgan fingerprint density at radius 1 is 1.00 bits per heavy atom. The Balaban J connectivity index is 4.14. The van der Waals surface area contributed by atoms with Crippen molar-refractivity contribution in [2.45, 2.75) is 65.8 Å². The molecule has 0 spiro atoms. The summed E-state index contributed by atoms with van der Waals surface area (Å²) in [6, 6.07) is 0. The molecule has 4 nitrogen and oxygen atoms in total. The summed E-state index contributed by atoms with van der Waals surface area (Å²) >= 11 is 0. The first-order chi connectivity index (χ1) is 9.15. The Morgan fingerprint density at radius 2 is 1.53 bits per heavy atom. The van der Waals surface area contributed by atoms with Gasteiger partial charge in [0.05, 0.1) is 13.2 Å². The highest BCUT2D eigenvalue weighted by Gasteiger charge is 2.17. The molecule has 0 aliphatic carbocycles. The van der Waals surface area contributed by atoms with Crippen LogP contribution in [0.25, 0.3) is 0 Å². The monoisotopic (exact) mass is 272 g/mol. The van der Waals surface area contributed by atoms with Gasteiger partial charge < -0.3 is 14.2 Å². The molecule has 0 fully saturated rings. The summed E-state index contributed by atoms with van der Waals surface area (Å²) in [5.41, 5.74) is 0.464. The summed E-state index contributed by atoms with van der Waals surface area (Å²) in [5, 5.41) is 0. The summed E-state index contributed by atoms with van der Waals surface area (Å²) < 4.78 is 16.0. The zero-order valence-electron chi connectivity index (χ0n) is 12.6. The van der Waals surface area contributed by atoms with E-state index in [1.165, 1.54) is 0 Å². The number of carbonyl (C=O) groups is 1. The minimum absolute atomic E-state index is 0.431. The normalized spacial score (nSPS) is 10.7. The van der Waals surface area contributed by atoms with Gasteiger partial charge in [0.1, 0.15) is 0 Å². The maximum absolute atomic E-state index is 11.7. The van der Waals surface area contributed by atoms with Gasteiger partial charge in [-0.15, -0.1) is 0 Å². The SMILES string of the molecule is C=C(CCC)C(=O)OC(OCCCC)OCCCC. The molecule has 0 aromatic carbocycles. The van der Waals surface area contributed by atoms with Crippen LogP contribution in [0.5, 0.6) is 0 Å². The molecule has 0 rings (SSSR count). The van der Waals surface area contributed by atoms with Gasteiger partial charge >= 0.3 is 12.4 Å². The lowest BCUT2D eigenvalue weighted by molar-refractivity contribution is -0.274. The molecular weight excluding hydrogens is 244 g/mol. The van der Waals surface area contributed by atoms with Crippen molar-refractivity contribution in [3.63, 3.8) is 0 Å². The van der Waals surface area contributed by atoms with Crippen LogP contribution in [0.4, 0.5) is 0 Å². The first-order valence-electron chi connectivity index (χ1n) is 7.27. The summed E-state index contributed by atoms with van der Waals surface area (Å²) in [6.07, 6.45) is 5.39. The highest BCUT2D eigenvalue weighted by Crippen LogP contribution is 2.09. The summed E-state index contributed by atoms with van der Waals surface area (Å²) in [6.45, 7) is 10.00. The van der Waals surface area contributed by atoms with E-state index in [4.69, 9.17) is 14.2 Å². The Labute approximate surface area is 117 Å². The van der Waals surface area contributed by atoms with Crippen molar-refractivity contribution in [3.05, 3.63) is 12.2 Å². The molecule has 0 aliphatic rings. The molecule has 19 heavy (non-hydrogen) atoms. The van der Waals surface area contributed by atoms with Crippen molar-refractivity contribution in [2.75, 3.05) is 13.2 Å². The van der Waals surface area contributed by atoms with Crippen molar-refractivity contribution < 1.29 is 19.0 Å². The predicted molar refractivity (Wildman–Crippen MR) is 75.6 cm³/mol. The molecule has 0 saturated carbocycles. The van der Waals surface area contributed by atoms with E-state index in [9.17, 15) is 4.79 Å². The number of esters is 1. The number of hydrogen-bond donors (Lipinski definition) is 0. The van der Waals surface area contributed by atoms with E-state index >= 15 is 0 Å². The van der Waals surface area contributed by atoms with E-state index in [-0.39, 0.29) is 0 Å². The van der Waals surface area contributed by atoms with Crippen LogP contribution in [0.2, 0.25) is 0 Å². The van der Waals surface area contributed by atoms with Gasteiger partial charge in [-0.05, 0) is 19.3 Å². The number of ether oxygens (including phenoxy) is 3. The third kappa shape index (κ3) is 9.68. The lowest BCUT2D eigenvalue weighted by Crippen LogP contribution is -2.26. The number of rotatable bonds is 12. The fourth-order valence-electron chi connectivity index (χ4n) is 1.34. The standard InChI is InChI=1S/C15H28O4/c1-5-8-11-17-15(18-12-9-6-2)19-14(16)13(4)10-7-3/h15H,4-12H2,1-3H3. The van der Waals surface area contributed by atoms with Crippen LogP contribution in [0, 0.1) is 0 Å². The molecule has 0 unspecified atom stereocenters. The molecule has 0 amide bonds. The van der Waals surface area contributed by atoms with E-state index in [1.54, 1.807) is 0 Å². The molecule has 0 radical (unpaired) electrons. The predicted octanol–water partition coefficient (Wildman–Crippen LogP) is 3.80. The lowest BCUT2D eigenvalue weighted by atomic mass is 10.2. The maximum Gasteiger partial charge on any atom is 0.337 e. The molecule has 0 atom stereocenters. The summed E-state index contributed by atoms with van der Waals surface area (Å²) in [7, 11) is 0. The molecule has 0 aromatic rings. The molecule has 4 heteroatoms. The van der Waals surface area contributed by atoms with Gasteiger partial charge in [-0.25, -0.2) is 4.79 Å². The molecule has 0 bridgehead atoms. The zero-order chi connectivity index (χ0) is 14.5. The van der Waals surface area contributed by atoms with Gasteiger partial charge in [0.25, 0.3) is 0 Å². The third-order valence-electron chi connectivity index (χ3n) is 2.55. The Kier molecular flexibility index (Phi) is 11.6. The van der Waals surface area contributed by atoms with Gasteiger partial charge in [-0.1, -0.05) is 46.6 Å². The second-order valence-corrected chi connectivity index (χ2v) is 4.50. The summed E-state index contributed by atoms with van der Waals surface area (Å²) in [5.74, 6) is -0.431. The number of hydrogen-bond acceptors (Lipinski definition) is 4. The second-order valence-electron chi connectivity index (χ2n) is 4.50. The molecule has 0 N–H and O–H groups in total. The zero-order valence-corrected chi connectivity index (χ0v) is 12.6. The van der Waals surface area contributed by atoms with Crippen LogP contribution in [0.1, 0.15) is 59.3 Å². The van der Waals surface area contributed by atoms with E-state index in [1.807, 2.05) is 6.92 Å². The average molecular weight is 272 g/mol. The van der Waals surface area contributed by atoms with Gasteiger partial charge in [-0.2, -0.15) is 0 Å². The minimum atomic E-state index is -0.904. The Hall–Kier alpha value is -0.870. The minimum Gasteiger partial charge on any atom is -0.407 e. The Morgan fingerprint density at radius 3 is 1.95 bits per heavy atom. The molecule has 0 aromatic heterocycles. The smallest absolute Gasteiger partial charge is 0.337 e. The third-order valence-corrected chi connectivity index (χ3v) is 2.55. The van der Waals surface area contributed by atoms with Crippen molar-refractivity contribution in [3.8, 4) is 0 Å². The van der Waals surface area contributed by atoms with E-state index in [0.717, 1.165) is 32.1 Å². The van der Waals surface area contributed by atoms with Gasteiger partial charge in [0.15, 0.2) is 0 Å². The molecule has 0 saturated heterocycles. The maximum atomic E-state index is 11.7. The van der Waals surface area contributed by atoms with E-state index < -0.39 is 12.4 Å². The highest BCUT2D eigenvalue weighted by atomic mass is 16.9. The first kappa shape index (κ1) is 18.1. The molecule has 0 aliphatic heterocycles. The highest BCUT2D eigenvalue weighted by molar-refractivity contribution is 5.87. The van der Waals surface area contributed by atoms with Gasteiger partial charge in [0, 0.05) is 5.57 Å². The van der Waals surface area contributed by atoms with Crippen LogP contribution in [-0.2, 0) is 19.0 Å². The fraction of sp³-hybridized carbons (Fsp3) is 0.800. The molecule has 0 heterocycles. The lowest BCUT2D eigenvalue weighted by Gasteiger charge is -2.19. The van der Waals surface area contributed by atoms with E-state index in [2.05, 4.69) is 20.4 Å². The fourth-order valence-corrected chi connectivity index (χ4v) is 1.34. The molecular formula is C15H28O4. The summed E-state index contributed by atoms with van der Waals surface area (Å²) in [4.78, 5) is 11.7. The number of unbranched alkanes of at least 4 members (excludes halogenated alkanes) is 2. The van der Waals surface area contributed by atoms with Crippen LogP contribution in [-0.4, -0.2) is 25.7 Å². The first-order valence-corrected chi connectivity index (χ1v) is 7.27. The van der Waals surface area contributed by atoms with E-state index in [0.29, 0.717) is 25.2 Å². The van der Waals surface area contributed by atoms with Crippen LogP contribution in [0.15, 0.2) is 12.2 Å². The topological polar surface area (TPSA) is 44.8 Å². The van der Waals surface area contributed by atoms with Crippen molar-refractivity contribution in [1.29, 1.82) is 0 Å². The van der Waals surface area contributed by atoms with Crippen LogP contribution >= 0.6 is 0 Å².